The van der Waals surface area contributed by atoms with Gasteiger partial charge in [-0.05, 0) is 50.2 Å². The minimum absolute atomic E-state index is 0.0248. The highest BCUT2D eigenvalue weighted by Gasteiger charge is 2.17. The van der Waals surface area contributed by atoms with E-state index in [1.807, 2.05) is 31.2 Å². The molecule has 0 atom stereocenters. The van der Waals surface area contributed by atoms with Crippen molar-refractivity contribution in [3.05, 3.63) is 76.8 Å². The first-order valence-corrected chi connectivity index (χ1v) is 13.9. The molecule has 4 aromatic rings. The van der Waals surface area contributed by atoms with Crippen LogP contribution in [0.5, 0.6) is 0 Å². The molecule has 0 spiro atoms. The first kappa shape index (κ1) is 25.3. The normalized spacial score (nSPS) is 11.0. The highest BCUT2D eigenvalue weighted by molar-refractivity contribution is 8.00. The zero-order valence-electron chi connectivity index (χ0n) is 19.2. The number of hydrogen-bond acceptors (Lipinski definition) is 9. The van der Waals surface area contributed by atoms with Gasteiger partial charge < -0.3 is 5.32 Å². The van der Waals surface area contributed by atoms with Crippen LogP contribution < -0.4 is 10.0 Å². The fraction of sp³-hybridized carbons (Fsp3) is 0.125. The van der Waals surface area contributed by atoms with Gasteiger partial charge in [0, 0.05) is 11.3 Å². The molecule has 0 saturated carbocycles. The predicted octanol–water partition coefficient (Wildman–Crippen LogP) is 4.62. The van der Waals surface area contributed by atoms with E-state index in [0.717, 1.165) is 34.2 Å². The molecule has 0 aliphatic carbocycles. The number of aryl methyl sites for hydroxylation is 2. The summed E-state index contributed by atoms with van der Waals surface area (Å²) in [6.45, 7) is 3.73. The Morgan fingerprint density at radius 3 is 2.39 bits per heavy atom. The second-order valence-corrected chi connectivity index (χ2v) is 11.4. The van der Waals surface area contributed by atoms with Crippen molar-refractivity contribution >= 4 is 49.8 Å². The third kappa shape index (κ3) is 6.25. The van der Waals surface area contributed by atoms with Crippen molar-refractivity contribution < 1.29 is 13.2 Å². The molecule has 0 unspecified atom stereocenters. The second-order valence-electron chi connectivity index (χ2n) is 7.62. The number of rotatable bonds is 8. The van der Waals surface area contributed by atoms with Gasteiger partial charge in [0.2, 0.25) is 11.0 Å². The lowest BCUT2D eigenvalue weighted by Gasteiger charge is -2.09. The number of nitriles is 1. The molecule has 2 aromatic carbocycles. The lowest BCUT2D eigenvalue weighted by molar-refractivity contribution is -0.113. The van der Waals surface area contributed by atoms with Crippen LogP contribution in [0, 0.1) is 25.2 Å². The van der Waals surface area contributed by atoms with E-state index in [-0.39, 0.29) is 21.7 Å². The van der Waals surface area contributed by atoms with E-state index < -0.39 is 10.0 Å². The molecule has 0 saturated heterocycles. The Labute approximate surface area is 216 Å². The quantitative estimate of drug-likeness (QED) is 0.311. The zero-order chi connectivity index (χ0) is 25.7. The van der Waals surface area contributed by atoms with Crippen LogP contribution in [0.25, 0.3) is 11.3 Å². The van der Waals surface area contributed by atoms with Gasteiger partial charge in [-0.15, -0.1) is 10.2 Å². The maximum Gasteiger partial charge on any atom is 0.263 e. The van der Waals surface area contributed by atoms with Crippen molar-refractivity contribution in [3.63, 3.8) is 0 Å². The summed E-state index contributed by atoms with van der Waals surface area (Å²) in [5, 5.41) is 21.0. The van der Waals surface area contributed by atoms with Gasteiger partial charge in [-0.25, -0.2) is 13.4 Å². The Bertz CT molecular complexity index is 1540. The van der Waals surface area contributed by atoms with Gasteiger partial charge in [-0.1, -0.05) is 52.9 Å². The van der Waals surface area contributed by atoms with Crippen molar-refractivity contribution in [2.24, 2.45) is 0 Å². The van der Waals surface area contributed by atoms with Crippen molar-refractivity contribution in [3.8, 4) is 17.3 Å². The van der Waals surface area contributed by atoms with Gasteiger partial charge in [-0.2, -0.15) is 5.26 Å². The Kier molecular flexibility index (Phi) is 7.64. The molecule has 0 radical (unpaired) electrons. The molecule has 12 heteroatoms. The van der Waals surface area contributed by atoms with Crippen LogP contribution in [-0.4, -0.2) is 35.3 Å². The summed E-state index contributed by atoms with van der Waals surface area (Å²) in [4.78, 5) is 17.1. The second kappa shape index (κ2) is 10.9. The number of aromatic nitrogens is 3. The molecule has 2 heterocycles. The molecular formula is C24H20N6O3S3. The molecule has 1 amide bonds. The molecule has 182 valence electrons. The van der Waals surface area contributed by atoms with E-state index in [1.165, 1.54) is 24.3 Å². The van der Waals surface area contributed by atoms with Crippen molar-refractivity contribution in [1.29, 1.82) is 5.26 Å². The van der Waals surface area contributed by atoms with Crippen LogP contribution in [0.2, 0.25) is 0 Å². The third-order valence-electron chi connectivity index (χ3n) is 4.86. The summed E-state index contributed by atoms with van der Waals surface area (Å²) in [6.07, 6.45) is 0. The number of carbonyl (C=O) groups excluding carboxylic acids is 1. The minimum atomic E-state index is -3.83. The summed E-state index contributed by atoms with van der Waals surface area (Å²) in [5.41, 5.74) is 3.59. The van der Waals surface area contributed by atoms with E-state index in [9.17, 15) is 18.5 Å². The molecular weight excluding hydrogens is 517 g/mol. The lowest BCUT2D eigenvalue weighted by Crippen LogP contribution is -2.15. The van der Waals surface area contributed by atoms with E-state index in [4.69, 9.17) is 0 Å². The number of sulfonamides is 1. The van der Waals surface area contributed by atoms with E-state index >= 15 is 0 Å². The number of nitrogens with zero attached hydrogens (tertiary/aromatic N) is 4. The van der Waals surface area contributed by atoms with Crippen LogP contribution in [0.4, 0.5) is 10.8 Å². The molecule has 4 rings (SSSR count). The smallest absolute Gasteiger partial charge is 0.263 e. The number of pyridine rings is 1. The number of nitrogens with one attached hydrogen (secondary N) is 2. The lowest BCUT2D eigenvalue weighted by atomic mass is 10.1. The molecule has 0 aliphatic rings. The number of benzene rings is 2. The maximum absolute atomic E-state index is 12.5. The van der Waals surface area contributed by atoms with Crippen molar-refractivity contribution in [2.45, 2.75) is 23.8 Å². The summed E-state index contributed by atoms with van der Waals surface area (Å²) < 4.78 is 27.4. The van der Waals surface area contributed by atoms with Gasteiger partial charge in [0.05, 0.1) is 21.9 Å². The average molecular weight is 537 g/mol. The molecule has 2 aromatic heterocycles. The summed E-state index contributed by atoms with van der Waals surface area (Å²) in [6, 6.07) is 19.2. The number of thioether (sulfide) groups is 1. The highest BCUT2D eigenvalue weighted by Crippen LogP contribution is 2.26. The van der Waals surface area contributed by atoms with E-state index in [0.29, 0.717) is 27.0 Å². The third-order valence-corrected chi connectivity index (χ3v) is 8.09. The fourth-order valence-corrected chi connectivity index (χ4v) is 5.67. The number of hydrogen-bond donors (Lipinski definition) is 2. The summed E-state index contributed by atoms with van der Waals surface area (Å²) in [5.74, 6) is -0.290. The molecule has 36 heavy (non-hydrogen) atoms. The number of carbonyl (C=O) groups is 1. The largest absolute Gasteiger partial charge is 0.325 e. The monoisotopic (exact) mass is 536 g/mol. The van der Waals surface area contributed by atoms with Crippen LogP contribution in [0.3, 0.4) is 0 Å². The van der Waals surface area contributed by atoms with Gasteiger partial charge in [-0.3, -0.25) is 9.52 Å². The van der Waals surface area contributed by atoms with Crippen molar-refractivity contribution in [1.82, 2.24) is 15.2 Å². The molecule has 0 aliphatic heterocycles. The Morgan fingerprint density at radius 1 is 1.03 bits per heavy atom. The van der Waals surface area contributed by atoms with Gasteiger partial charge in [0.25, 0.3) is 10.0 Å². The first-order valence-electron chi connectivity index (χ1n) is 10.6. The summed E-state index contributed by atoms with van der Waals surface area (Å²) in [7, 11) is -3.83. The van der Waals surface area contributed by atoms with E-state index in [1.54, 1.807) is 19.1 Å². The Balaban J connectivity index is 1.39. The standard InChI is InChI=1S/C24H20N6O3S3/c1-15-3-5-17(6-4-15)21-12-7-18(13-25)23(27-21)34-14-22(31)26-19-8-10-20(11-9-19)36(32,33)30-24-29-28-16(2)35-24/h3-12H,14H2,1-2H3,(H,26,31)(H,29,30). The molecule has 0 bridgehead atoms. The molecule has 2 N–H and O–H groups in total. The Hall–Kier alpha value is -3.79. The van der Waals surface area contributed by atoms with Crippen LogP contribution in [0.1, 0.15) is 16.1 Å². The fourth-order valence-electron chi connectivity index (χ4n) is 3.08. The molecule has 0 fully saturated rings. The Morgan fingerprint density at radius 2 is 1.75 bits per heavy atom. The molecule has 9 nitrogen and oxygen atoms in total. The van der Waals surface area contributed by atoms with Crippen LogP contribution >= 0.6 is 23.1 Å². The SMILES string of the molecule is Cc1ccc(-c2ccc(C#N)c(SCC(=O)Nc3ccc(S(=O)(=O)Nc4nnc(C)s4)cc3)n2)cc1. The highest BCUT2D eigenvalue weighted by atomic mass is 32.2. The minimum Gasteiger partial charge on any atom is -0.325 e. The number of anilines is 2. The van der Waals surface area contributed by atoms with Crippen LogP contribution in [-0.2, 0) is 14.8 Å². The maximum atomic E-state index is 12.5. The van der Waals surface area contributed by atoms with Gasteiger partial charge >= 0.3 is 0 Å². The predicted molar refractivity (Wildman–Crippen MR) is 140 cm³/mol. The topological polar surface area (TPSA) is 138 Å². The van der Waals surface area contributed by atoms with Crippen LogP contribution in [0.15, 0.2) is 70.6 Å². The van der Waals surface area contributed by atoms with Gasteiger partial charge in [0.15, 0.2) is 0 Å². The van der Waals surface area contributed by atoms with Gasteiger partial charge in [0.1, 0.15) is 16.1 Å². The average Bonchev–Trinajstić information content (AvgIpc) is 3.27. The first-order chi connectivity index (χ1) is 17.2. The number of amides is 1. The van der Waals surface area contributed by atoms with E-state index in [2.05, 4.69) is 31.3 Å². The van der Waals surface area contributed by atoms with Crippen molar-refractivity contribution in [2.75, 3.05) is 15.8 Å². The zero-order valence-corrected chi connectivity index (χ0v) is 21.7. The summed E-state index contributed by atoms with van der Waals surface area (Å²) >= 11 is 2.29.